The number of hydrogen-bond donors (Lipinski definition) is 1. The fourth-order valence-electron chi connectivity index (χ4n) is 3.46. The van der Waals surface area contributed by atoms with Crippen LogP contribution in [0.3, 0.4) is 0 Å². The first-order valence-electron chi connectivity index (χ1n) is 7.15. The Kier molecular flexibility index (Phi) is 2.65. The van der Waals surface area contributed by atoms with Crippen molar-refractivity contribution >= 4 is 17.5 Å². The van der Waals surface area contributed by atoms with E-state index in [9.17, 15) is 9.59 Å². The van der Waals surface area contributed by atoms with Gasteiger partial charge in [0, 0.05) is 5.69 Å². The highest BCUT2D eigenvalue weighted by atomic mass is 16.5. The first-order valence-corrected chi connectivity index (χ1v) is 7.15. The van der Waals surface area contributed by atoms with E-state index in [-0.39, 0.29) is 42.5 Å². The number of carbonyl (C=O) groups is 2. The van der Waals surface area contributed by atoms with Crippen molar-refractivity contribution in [3.8, 4) is 0 Å². The Hall–Kier alpha value is -2.14. The Labute approximate surface area is 122 Å². The smallest absolute Gasteiger partial charge is 0.237 e. The Morgan fingerprint density at radius 3 is 2.33 bits per heavy atom. The van der Waals surface area contributed by atoms with Crippen LogP contribution in [0, 0.1) is 18.8 Å². The maximum Gasteiger partial charge on any atom is 0.237 e. The topological polar surface area (TPSA) is 58.6 Å². The van der Waals surface area contributed by atoms with Crippen molar-refractivity contribution in [2.24, 2.45) is 11.8 Å². The summed E-state index contributed by atoms with van der Waals surface area (Å²) in [6.45, 7) is 2.21. The molecule has 2 amide bonds. The molecule has 0 saturated carbocycles. The molecule has 1 aromatic carbocycles. The average molecular weight is 284 g/mol. The van der Waals surface area contributed by atoms with Crippen LogP contribution in [0.4, 0.5) is 5.69 Å². The van der Waals surface area contributed by atoms with Crippen LogP contribution in [0.1, 0.15) is 5.56 Å². The van der Waals surface area contributed by atoms with Crippen molar-refractivity contribution in [3.63, 3.8) is 0 Å². The van der Waals surface area contributed by atoms with Crippen molar-refractivity contribution in [3.05, 3.63) is 42.0 Å². The largest absolute Gasteiger partial charge is 0.367 e. The number of aryl methyl sites for hydroxylation is 1. The lowest BCUT2D eigenvalue weighted by Gasteiger charge is -2.19. The normalized spacial score (nSPS) is 32.9. The van der Waals surface area contributed by atoms with E-state index < -0.39 is 0 Å². The molecule has 0 radical (unpaired) electrons. The molecule has 21 heavy (non-hydrogen) atoms. The van der Waals surface area contributed by atoms with Gasteiger partial charge in [-0.15, -0.1) is 0 Å². The molecule has 4 rings (SSSR count). The van der Waals surface area contributed by atoms with Crippen molar-refractivity contribution in [2.45, 2.75) is 19.1 Å². The van der Waals surface area contributed by atoms with Crippen LogP contribution >= 0.6 is 0 Å². The third-order valence-corrected chi connectivity index (χ3v) is 4.57. The summed E-state index contributed by atoms with van der Waals surface area (Å²) in [6.07, 6.45) is 3.35. The van der Waals surface area contributed by atoms with Gasteiger partial charge in [0.25, 0.3) is 0 Å². The molecule has 0 spiro atoms. The third-order valence-electron chi connectivity index (χ3n) is 4.57. The van der Waals surface area contributed by atoms with Crippen molar-refractivity contribution in [1.29, 1.82) is 0 Å². The van der Waals surface area contributed by atoms with E-state index in [2.05, 4.69) is 5.32 Å². The van der Waals surface area contributed by atoms with Crippen molar-refractivity contribution in [2.75, 3.05) is 12.0 Å². The van der Waals surface area contributed by atoms with Crippen molar-refractivity contribution < 1.29 is 14.3 Å². The van der Waals surface area contributed by atoms with Crippen LogP contribution in [0.25, 0.3) is 0 Å². The summed E-state index contributed by atoms with van der Waals surface area (Å²) in [5.74, 6) is -0.900. The standard InChI is InChI=1S/C16H16N2O3/c1-9-4-2-3-5-10(9)17-8-18-15(19)13-11-6-7-12(21-11)14(13)16(18)20/h2-7,11-14,17H,8H2,1H3/t11-,12-,13-,14+/m1/s1. The zero-order chi connectivity index (χ0) is 14.6. The van der Waals surface area contributed by atoms with Gasteiger partial charge in [-0.2, -0.15) is 0 Å². The van der Waals surface area contributed by atoms with Gasteiger partial charge in [0.15, 0.2) is 0 Å². The summed E-state index contributed by atoms with van der Waals surface area (Å²) < 4.78 is 5.61. The van der Waals surface area contributed by atoms with E-state index in [1.54, 1.807) is 0 Å². The van der Waals surface area contributed by atoms with Gasteiger partial charge in [0.2, 0.25) is 11.8 Å². The number of rotatable bonds is 3. The molecule has 2 bridgehead atoms. The monoisotopic (exact) mass is 284 g/mol. The minimum atomic E-state index is -0.328. The molecule has 0 aliphatic carbocycles. The van der Waals surface area contributed by atoms with Gasteiger partial charge < -0.3 is 10.1 Å². The summed E-state index contributed by atoms with van der Waals surface area (Å²) in [5.41, 5.74) is 2.02. The highest BCUT2D eigenvalue weighted by Crippen LogP contribution is 2.44. The molecule has 108 valence electrons. The quantitative estimate of drug-likeness (QED) is 0.671. The molecule has 1 aromatic rings. The van der Waals surface area contributed by atoms with Gasteiger partial charge in [-0.1, -0.05) is 30.4 Å². The fraction of sp³-hybridized carbons (Fsp3) is 0.375. The second-order valence-electron chi connectivity index (χ2n) is 5.76. The van der Waals surface area contributed by atoms with Gasteiger partial charge in [-0.05, 0) is 18.6 Å². The van der Waals surface area contributed by atoms with Crippen LogP contribution in [-0.2, 0) is 14.3 Å². The van der Waals surface area contributed by atoms with Gasteiger partial charge in [0.1, 0.15) is 0 Å². The molecule has 3 heterocycles. The van der Waals surface area contributed by atoms with Gasteiger partial charge >= 0.3 is 0 Å². The number of nitrogens with one attached hydrogen (secondary N) is 1. The van der Waals surface area contributed by atoms with Crippen LogP contribution < -0.4 is 5.32 Å². The van der Waals surface area contributed by atoms with Gasteiger partial charge in [0.05, 0.1) is 30.7 Å². The van der Waals surface area contributed by atoms with Crippen LogP contribution in [0.5, 0.6) is 0 Å². The van der Waals surface area contributed by atoms with E-state index in [1.165, 1.54) is 4.90 Å². The maximum absolute atomic E-state index is 12.4. The highest BCUT2D eigenvalue weighted by Gasteiger charge is 2.60. The predicted molar refractivity (Wildman–Crippen MR) is 76.3 cm³/mol. The number of nitrogens with zero attached hydrogens (tertiary/aromatic N) is 1. The highest BCUT2D eigenvalue weighted by molar-refractivity contribution is 6.06. The number of para-hydroxylation sites is 1. The number of imide groups is 1. The lowest BCUT2D eigenvalue weighted by Crippen LogP contribution is -2.38. The molecule has 3 aliphatic heterocycles. The lowest BCUT2D eigenvalue weighted by molar-refractivity contribution is -0.141. The summed E-state index contributed by atoms with van der Waals surface area (Å²) in [7, 11) is 0. The molecule has 3 aliphatic rings. The number of amides is 2. The minimum absolute atomic E-state index is 0.122. The van der Waals surface area contributed by atoms with E-state index in [1.807, 2.05) is 43.3 Å². The number of carbonyl (C=O) groups excluding carboxylic acids is 2. The minimum Gasteiger partial charge on any atom is -0.367 e. The number of hydrogen-bond acceptors (Lipinski definition) is 4. The molecular weight excluding hydrogens is 268 g/mol. The first-order chi connectivity index (χ1) is 10.2. The number of anilines is 1. The maximum atomic E-state index is 12.4. The summed E-state index contributed by atoms with van der Waals surface area (Å²) in [6, 6.07) is 7.81. The van der Waals surface area contributed by atoms with E-state index in [4.69, 9.17) is 4.74 Å². The molecule has 5 nitrogen and oxygen atoms in total. The van der Waals surface area contributed by atoms with E-state index in [0.717, 1.165) is 11.3 Å². The SMILES string of the molecule is Cc1ccccc1NCN1C(=O)[C@@H]2[C@H](C1=O)[C@H]1C=C[C@H]2O1. The Morgan fingerprint density at radius 1 is 1.10 bits per heavy atom. The summed E-state index contributed by atoms with van der Waals surface area (Å²) in [5, 5.41) is 3.18. The average Bonchev–Trinajstić information content (AvgIpc) is 3.14. The van der Waals surface area contributed by atoms with E-state index in [0.29, 0.717) is 0 Å². The molecule has 0 unspecified atom stereocenters. The Balaban J connectivity index is 1.51. The summed E-state index contributed by atoms with van der Waals surface area (Å²) in [4.78, 5) is 26.2. The van der Waals surface area contributed by atoms with E-state index >= 15 is 0 Å². The molecule has 2 saturated heterocycles. The molecule has 2 fully saturated rings. The second-order valence-corrected chi connectivity index (χ2v) is 5.76. The zero-order valence-electron chi connectivity index (χ0n) is 11.7. The zero-order valence-corrected chi connectivity index (χ0v) is 11.7. The fourth-order valence-corrected chi connectivity index (χ4v) is 3.46. The van der Waals surface area contributed by atoms with Crippen molar-refractivity contribution in [1.82, 2.24) is 4.90 Å². The molecule has 5 heteroatoms. The molecule has 0 aromatic heterocycles. The number of ether oxygens (including phenoxy) is 1. The van der Waals surface area contributed by atoms with Crippen LogP contribution in [0.2, 0.25) is 0 Å². The van der Waals surface area contributed by atoms with Crippen LogP contribution in [-0.4, -0.2) is 35.6 Å². The third kappa shape index (κ3) is 1.74. The molecule has 4 atom stereocenters. The number of fused-ring (bicyclic) bond motifs is 5. The van der Waals surface area contributed by atoms with Gasteiger partial charge in [-0.3, -0.25) is 14.5 Å². The predicted octanol–water partition coefficient (Wildman–Crippen LogP) is 1.30. The van der Waals surface area contributed by atoms with Crippen LogP contribution in [0.15, 0.2) is 36.4 Å². The van der Waals surface area contributed by atoms with Gasteiger partial charge in [-0.25, -0.2) is 0 Å². The number of likely N-dealkylation sites (tertiary alicyclic amines) is 1. The molecular formula is C16H16N2O3. The summed E-state index contributed by atoms with van der Waals surface area (Å²) >= 11 is 0. The Morgan fingerprint density at radius 2 is 1.71 bits per heavy atom. The number of benzene rings is 1. The second kappa shape index (κ2) is 4.43. The first kappa shape index (κ1) is 12.6. The lowest BCUT2D eigenvalue weighted by atomic mass is 9.85. The Bertz CT molecular complexity index is 625. The molecule has 1 N–H and O–H groups in total.